The highest BCUT2D eigenvalue weighted by Gasteiger charge is 2.41. The van der Waals surface area contributed by atoms with E-state index in [0.29, 0.717) is 12.3 Å². The van der Waals surface area contributed by atoms with E-state index in [1.165, 1.54) is 0 Å². The average molecular weight is 277 g/mol. The number of carbonyl (C=O) groups is 1. The van der Waals surface area contributed by atoms with Crippen molar-refractivity contribution in [2.75, 3.05) is 0 Å². The average Bonchev–Trinajstić information content (AvgIpc) is 2.79. The summed E-state index contributed by atoms with van der Waals surface area (Å²) in [7, 11) is 0. The molecule has 4 nitrogen and oxygen atoms in total. The van der Waals surface area contributed by atoms with Gasteiger partial charge in [0, 0.05) is 6.07 Å². The summed E-state index contributed by atoms with van der Waals surface area (Å²) in [6.45, 7) is 0. The summed E-state index contributed by atoms with van der Waals surface area (Å²) in [4.78, 5) is 10.9. The number of Topliss-reactive ketones (excluding diaryl/α,β-unsaturated/α-hetero) is 1. The van der Waals surface area contributed by atoms with Crippen LogP contribution >= 0.6 is 0 Å². The third kappa shape index (κ3) is 2.59. The molecule has 1 heterocycles. The fourth-order valence-corrected chi connectivity index (χ4v) is 1.27. The van der Waals surface area contributed by atoms with Gasteiger partial charge in [0.05, 0.1) is 11.9 Å². The van der Waals surface area contributed by atoms with E-state index in [-0.39, 0.29) is 5.69 Å². The Bertz CT molecular complexity index is 634. The zero-order valence-electron chi connectivity index (χ0n) is 8.95. The minimum atomic E-state index is -5.07. The smallest absolute Gasteiger partial charge is 0.282 e. The molecular weight excluding hydrogens is 273 g/mol. The molecule has 0 aliphatic heterocycles. The van der Waals surface area contributed by atoms with Crippen LogP contribution in [0.2, 0.25) is 0 Å². The molecule has 0 unspecified atom stereocenters. The number of rotatable bonds is 2. The van der Waals surface area contributed by atoms with E-state index in [1.54, 1.807) is 0 Å². The van der Waals surface area contributed by atoms with Crippen molar-refractivity contribution in [3.8, 4) is 5.69 Å². The number of aromatic nitrogens is 3. The molecule has 0 N–H and O–H groups in total. The molecule has 9 heteroatoms. The second-order valence-electron chi connectivity index (χ2n) is 3.47. The van der Waals surface area contributed by atoms with Gasteiger partial charge in [-0.3, -0.25) is 4.79 Å². The van der Waals surface area contributed by atoms with E-state index in [9.17, 15) is 26.7 Å². The van der Waals surface area contributed by atoms with Crippen LogP contribution in [0.25, 0.3) is 5.69 Å². The molecule has 0 aliphatic rings. The van der Waals surface area contributed by atoms with E-state index in [4.69, 9.17) is 0 Å². The first-order valence-electron chi connectivity index (χ1n) is 4.78. The van der Waals surface area contributed by atoms with Gasteiger partial charge in [0.25, 0.3) is 5.78 Å². The SMILES string of the molecule is O=C(c1cn(-c2ccc(F)c(F)c2)nn1)C(F)(F)F. The molecule has 0 bridgehead atoms. The van der Waals surface area contributed by atoms with Crippen LogP contribution in [0.5, 0.6) is 0 Å². The second kappa shape index (κ2) is 4.41. The Labute approximate surface area is 102 Å². The van der Waals surface area contributed by atoms with Crippen molar-refractivity contribution in [3.63, 3.8) is 0 Å². The molecule has 0 fully saturated rings. The Morgan fingerprint density at radius 1 is 1.16 bits per heavy atom. The molecular formula is C10H4F5N3O. The second-order valence-corrected chi connectivity index (χ2v) is 3.47. The van der Waals surface area contributed by atoms with Crippen LogP contribution in [0, 0.1) is 11.6 Å². The number of benzene rings is 1. The van der Waals surface area contributed by atoms with E-state index in [2.05, 4.69) is 10.3 Å². The summed E-state index contributed by atoms with van der Waals surface area (Å²) in [6, 6.07) is 2.57. The molecule has 0 spiro atoms. The third-order valence-electron chi connectivity index (χ3n) is 2.15. The highest BCUT2D eigenvalue weighted by atomic mass is 19.4. The quantitative estimate of drug-likeness (QED) is 0.625. The Hall–Kier alpha value is -2.32. The Balaban J connectivity index is 2.36. The van der Waals surface area contributed by atoms with E-state index in [1.807, 2.05) is 0 Å². The van der Waals surface area contributed by atoms with Gasteiger partial charge in [-0.2, -0.15) is 13.2 Å². The van der Waals surface area contributed by atoms with Gasteiger partial charge in [-0.05, 0) is 12.1 Å². The molecule has 0 aliphatic carbocycles. The van der Waals surface area contributed by atoms with E-state index in [0.717, 1.165) is 16.8 Å². The van der Waals surface area contributed by atoms with Gasteiger partial charge in [-0.1, -0.05) is 5.21 Å². The van der Waals surface area contributed by atoms with Crippen LogP contribution in [-0.2, 0) is 0 Å². The fourth-order valence-electron chi connectivity index (χ4n) is 1.27. The number of hydrogen-bond donors (Lipinski definition) is 0. The number of carbonyl (C=O) groups excluding carboxylic acids is 1. The maximum absolute atomic E-state index is 12.9. The number of nitrogens with zero attached hydrogens (tertiary/aromatic N) is 3. The standard InChI is InChI=1S/C10H4F5N3O/c11-6-2-1-5(3-7(6)12)18-4-8(16-17-18)9(19)10(13,14)15/h1-4H. The maximum Gasteiger partial charge on any atom is 0.456 e. The van der Waals surface area contributed by atoms with Crippen molar-refractivity contribution >= 4 is 5.78 Å². The molecule has 1 aromatic carbocycles. The molecule has 0 atom stereocenters. The molecule has 0 saturated carbocycles. The van der Waals surface area contributed by atoms with Gasteiger partial charge < -0.3 is 0 Å². The van der Waals surface area contributed by atoms with E-state index >= 15 is 0 Å². The van der Waals surface area contributed by atoms with Crippen LogP contribution in [-0.4, -0.2) is 27.0 Å². The predicted molar refractivity (Wildman–Crippen MR) is 51.7 cm³/mol. The van der Waals surface area contributed by atoms with Crippen LogP contribution in [0.1, 0.15) is 10.5 Å². The molecule has 2 rings (SSSR count). The van der Waals surface area contributed by atoms with Crippen molar-refractivity contribution in [1.82, 2.24) is 15.0 Å². The van der Waals surface area contributed by atoms with Crippen LogP contribution < -0.4 is 0 Å². The lowest BCUT2D eigenvalue weighted by Gasteiger charge is -2.01. The first-order chi connectivity index (χ1) is 8.79. The van der Waals surface area contributed by atoms with Crippen molar-refractivity contribution in [3.05, 3.63) is 41.7 Å². The number of hydrogen-bond acceptors (Lipinski definition) is 3. The number of halogens is 5. The lowest BCUT2D eigenvalue weighted by Crippen LogP contribution is -2.23. The Morgan fingerprint density at radius 2 is 1.84 bits per heavy atom. The molecule has 19 heavy (non-hydrogen) atoms. The van der Waals surface area contributed by atoms with Crippen molar-refractivity contribution in [2.45, 2.75) is 6.18 Å². The van der Waals surface area contributed by atoms with Crippen molar-refractivity contribution in [2.24, 2.45) is 0 Å². The summed E-state index contributed by atoms with van der Waals surface area (Å²) in [6.07, 6.45) is -4.39. The van der Waals surface area contributed by atoms with E-state index < -0.39 is 29.3 Å². The van der Waals surface area contributed by atoms with Gasteiger partial charge in [0.1, 0.15) is 0 Å². The van der Waals surface area contributed by atoms with Gasteiger partial charge >= 0.3 is 6.18 Å². The largest absolute Gasteiger partial charge is 0.456 e. The summed E-state index contributed by atoms with van der Waals surface area (Å²) in [5, 5.41) is 6.29. The van der Waals surface area contributed by atoms with Crippen LogP contribution in [0.3, 0.4) is 0 Å². The molecule has 1 aromatic heterocycles. The minimum Gasteiger partial charge on any atom is -0.282 e. The molecule has 0 radical (unpaired) electrons. The zero-order chi connectivity index (χ0) is 14.2. The lowest BCUT2D eigenvalue weighted by molar-refractivity contribution is -0.0888. The lowest BCUT2D eigenvalue weighted by atomic mass is 10.3. The first-order valence-corrected chi connectivity index (χ1v) is 4.78. The molecule has 0 saturated heterocycles. The predicted octanol–water partition coefficient (Wildman–Crippen LogP) is 2.29. The zero-order valence-corrected chi connectivity index (χ0v) is 8.95. The maximum atomic E-state index is 12.9. The monoisotopic (exact) mass is 277 g/mol. The van der Waals surface area contributed by atoms with Crippen LogP contribution in [0.15, 0.2) is 24.4 Å². The number of alkyl halides is 3. The topological polar surface area (TPSA) is 47.8 Å². The fraction of sp³-hybridized carbons (Fsp3) is 0.100. The highest BCUT2D eigenvalue weighted by Crippen LogP contribution is 2.20. The molecule has 2 aromatic rings. The van der Waals surface area contributed by atoms with Crippen LogP contribution in [0.4, 0.5) is 22.0 Å². The Morgan fingerprint density at radius 3 is 2.42 bits per heavy atom. The van der Waals surface area contributed by atoms with Gasteiger partial charge in [0.2, 0.25) is 0 Å². The van der Waals surface area contributed by atoms with Crippen molar-refractivity contribution < 1.29 is 26.7 Å². The highest BCUT2D eigenvalue weighted by molar-refractivity contribution is 5.98. The minimum absolute atomic E-state index is 0.0624. The summed E-state index contributed by atoms with van der Waals surface area (Å²) < 4.78 is 62.7. The van der Waals surface area contributed by atoms with Gasteiger partial charge in [0.15, 0.2) is 17.3 Å². The van der Waals surface area contributed by atoms with Gasteiger partial charge in [-0.25, -0.2) is 13.5 Å². The van der Waals surface area contributed by atoms with Crippen molar-refractivity contribution in [1.29, 1.82) is 0 Å². The summed E-state index contributed by atoms with van der Waals surface area (Å²) >= 11 is 0. The third-order valence-corrected chi connectivity index (χ3v) is 2.15. The molecule has 0 amide bonds. The number of ketones is 1. The first kappa shape index (κ1) is 13.1. The van der Waals surface area contributed by atoms with Gasteiger partial charge in [-0.15, -0.1) is 5.10 Å². The normalized spacial score (nSPS) is 11.6. The summed E-state index contributed by atoms with van der Waals surface area (Å²) in [5.74, 6) is -4.48. The molecule has 100 valence electrons. The summed E-state index contributed by atoms with van der Waals surface area (Å²) in [5.41, 5.74) is -0.996. The Kier molecular flexibility index (Phi) is 3.05.